The Balaban J connectivity index is 1.74. The fourth-order valence-electron chi connectivity index (χ4n) is 3.54. The second-order valence-corrected chi connectivity index (χ2v) is 7.49. The first-order chi connectivity index (χ1) is 12.9. The van der Waals surface area contributed by atoms with Gasteiger partial charge in [0.2, 0.25) is 0 Å². The number of hydrogen-bond donors (Lipinski definition) is 0. The van der Waals surface area contributed by atoms with Crippen LogP contribution in [0.15, 0.2) is 82.4 Å². The molecule has 5 rings (SSSR count). The SMILES string of the molecule is c1ccc(N=c2sc3c(n2Cc2ccco2)-c2ccccc2CC3)cc1. The standard InChI is InChI=1S/C22H18N2OS/c1-2-8-17(9-3-1)23-22-24(15-18-10-6-14-25-18)21-19-11-5-4-7-16(19)12-13-20(21)26-22/h1-11,14H,12-13,15H2. The molecule has 4 aromatic rings. The van der Waals surface area contributed by atoms with Crippen LogP contribution in [0.5, 0.6) is 0 Å². The Morgan fingerprint density at radius 2 is 1.77 bits per heavy atom. The van der Waals surface area contributed by atoms with E-state index in [4.69, 9.17) is 9.41 Å². The lowest BCUT2D eigenvalue weighted by atomic mass is 9.93. The van der Waals surface area contributed by atoms with Gasteiger partial charge in [0.25, 0.3) is 0 Å². The summed E-state index contributed by atoms with van der Waals surface area (Å²) in [6, 6.07) is 22.8. The van der Waals surface area contributed by atoms with Gasteiger partial charge in [-0.15, -0.1) is 11.3 Å². The molecule has 26 heavy (non-hydrogen) atoms. The zero-order chi connectivity index (χ0) is 17.3. The zero-order valence-corrected chi connectivity index (χ0v) is 15.1. The number of nitrogens with zero attached hydrogens (tertiary/aromatic N) is 2. The third-order valence-electron chi connectivity index (χ3n) is 4.75. The van der Waals surface area contributed by atoms with Crippen molar-refractivity contribution in [1.82, 2.24) is 4.57 Å². The maximum Gasteiger partial charge on any atom is 0.191 e. The fourth-order valence-corrected chi connectivity index (χ4v) is 4.70. The van der Waals surface area contributed by atoms with Gasteiger partial charge < -0.3 is 8.98 Å². The van der Waals surface area contributed by atoms with Gasteiger partial charge in [0.15, 0.2) is 4.80 Å². The molecule has 0 atom stereocenters. The van der Waals surface area contributed by atoms with E-state index in [-0.39, 0.29) is 0 Å². The highest BCUT2D eigenvalue weighted by atomic mass is 32.1. The van der Waals surface area contributed by atoms with E-state index in [1.165, 1.54) is 21.7 Å². The predicted octanol–water partition coefficient (Wildman–Crippen LogP) is 5.19. The molecule has 0 fully saturated rings. The summed E-state index contributed by atoms with van der Waals surface area (Å²) < 4.78 is 7.94. The number of aryl methyl sites for hydroxylation is 2. The summed E-state index contributed by atoms with van der Waals surface area (Å²) in [5.41, 5.74) is 5.01. The van der Waals surface area contributed by atoms with Gasteiger partial charge in [-0.25, -0.2) is 4.99 Å². The number of rotatable bonds is 3. The van der Waals surface area contributed by atoms with Crippen molar-refractivity contribution < 1.29 is 4.42 Å². The molecule has 2 aromatic heterocycles. The first-order valence-corrected chi connectivity index (χ1v) is 9.63. The van der Waals surface area contributed by atoms with Crippen LogP contribution in [0.1, 0.15) is 16.2 Å². The highest BCUT2D eigenvalue weighted by Gasteiger charge is 2.22. The highest BCUT2D eigenvalue weighted by molar-refractivity contribution is 7.09. The second-order valence-electron chi connectivity index (χ2n) is 6.43. The summed E-state index contributed by atoms with van der Waals surface area (Å²) in [6.45, 7) is 0.693. The van der Waals surface area contributed by atoms with Gasteiger partial charge in [0, 0.05) is 10.4 Å². The molecule has 0 N–H and O–H groups in total. The molecular formula is C22H18N2OS. The summed E-state index contributed by atoms with van der Waals surface area (Å²) in [4.78, 5) is 7.37. The monoisotopic (exact) mass is 358 g/mol. The van der Waals surface area contributed by atoms with Crippen LogP contribution >= 0.6 is 11.3 Å². The van der Waals surface area contributed by atoms with Crippen molar-refractivity contribution in [3.05, 3.63) is 94.0 Å². The number of hydrogen-bond acceptors (Lipinski definition) is 3. The predicted molar refractivity (Wildman–Crippen MR) is 105 cm³/mol. The summed E-state index contributed by atoms with van der Waals surface area (Å²) >= 11 is 1.80. The van der Waals surface area contributed by atoms with Crippen molar-refractivity contribution in [1.29, 1.82) is 0 Å². The van der Waals surface area contributed by atoms with E-state index in [1.54, 1.807) is 17.6 Å². The van der Waals surface area contributed by atoms with Crippen LogP contribution in [0.25, 0.3) is 11.3 Å². The molecule has 2 heterocycles. The number of fused-ring (bicyclic) bond motifs is 3. The third-order valence-corrected chi connectivity index (χ3v) is 5.89. The Kier molecular flexibility index (Phi) is 3.83. The van der Waals surface area contributed by atoms with Crippen LogP contribution in [0, 0.1) is 0 Å². The van der Waals surface area contributed by atoms with E-state index in [1.807, 2.05) is 42.5 Å². The number of furan rings is 1. The molecule has 1 aliphatic carbocycles. The lowest BCUT2D eigenvalue weighted by Gasteiger charge is -2.18. The smallest absolute Gasteiger partial charge is 0.191 e. The molecule has 0 saturated heterocycles. The van der Waals surface area contributed by atoms with Crippen LogP contribution in [0.2, 0.25) is 0 Å². The largest absolute Gasteiger partial charge is 0.467 e. The summed E-state index contributed by atoms with van der Waals surface area (Å²) in [5.74, 6) is 0.947. The van der Waals surface area contributed by atoms with Crippen LogP contribution < -0.4 is 4.80 Å². The Labute approximate surface area is 155 Å². The Hall–Kier alpha value is -2.85. The van der Waals surface area contributed by atoms with Crippen LogP contribution in [-0.4, -0.2) is 4.57 Å². The maximum atomic E-state index is 5.63. The fraction of sp³-hybridized carbons (Fsp3) is 0.136. The number of benzene rings is 2. The van der Waals surface area contributed by atoms with Crippen LogP contribution in [0.4, 0.5) is 5.69 Å². The molecule has 0 bridgehead atoms. The van der Waals surface area contributed by atoms with E-state index in [0.29, 0.717) is 6.54 Å². The quantitative estimate of drug-likeness (QED) is 0.496. The lowest BCUT2D eigenvalue weighted by Crippen LogP contribution is -2.17. The zero-order valence-electron chi connectivity index (χ0n) is 14.3. The van der Waals surface area contributed by atoms with Crippen molar-refractivity contribution in [3.63, 3.8) is 0 Å². The number of thiazole rings is 1. The maximum absolute atomic E-state index is 5.63. The van der Waals surface area contributed by atoms with Crippen molar-refractivity contribution in [2.45, 2.75) is 19.4 Å². The molecule has 1 aliphatic rings. The topological polar surface area (TPSA) is 30.4 Å². The van der Waals surface area contributed by atoms with Crippen molar-refractivity contribution >= 4 is 17.0 Å². The minimum Gasteiger partial charge on any atom is -0.467 e. The molecule has 128 valence electrons. The van der Waals surface area contributed by atoms with Crippen LogP contribution in [0.3, 0.4) is 0 Å². The molecule has 0 radical (unpaired) electrons. The van der Waals surface area contributed by atoms with E-state index in [9.17, 15) is 0 Å². The average Bonchev–Trinajstić information content (AvgIpc) is 3.31. The molecule has 0 aliphatic heterocycles. The summed E-state index contributed by atoms with van der Waals surface area (Å²) in [6.07, 6.45) is 3.89. The van der Waals surface area contributed by atoms with Gasteiger partial charge in [0.05, 0.1) is 24.2 Å². The van der Waals surface area contributed by atoms with Crippen molar-refractivity contribution in [3.8, 4) is 11.3 Å². The van der Waals surface area contributed by atoms with Gasteiger partial charge in [-0.3, -0.25) is 0 Å². The molecule has 0 saturated carbocycles. The molecule has 0 spiro atoms. The lowest BCUT2D eigenvalue weighted by molar-refractivity contribution is 0.491. The van der Waals surface area contributed by atoms with Gasteiger partial charge in [-0.1, -0.05) is 42.5 Å². The molecule has 3 nitrogen and oxygen atoms in total. The molecule has 0 unspecified atom stereocenters. The van der Waals surface area contributed by atoms with E-state index in [0.717, 1.165) is 29.1 Å². The third kappa shape index (κ3) is 2.72. The van der Waals surface area contributed by atoms with Gasteiger partial charge in [-0.05, 0) is 42.7 Å². The van der Waals surface area contributed by atoms with E-state index < -0.39 is 0 Å². The number of para-hydroxylation sites is 1. The van der Waals surface area contributed by atoms with Crippen molar-refractivity contribution in [2.75, 3.05) is 0 Å². The van der Waals surface area contributed by atoms with Crippen LogP contribution in [-0.2, 0) is 19.4 Å². The molecular weight excluding hydrogens is 340 g/mol. The Morgan fingerprint density at radius 3 is 2.62 bits per heavy atom. The summed E-state index contributed by atoms with van der Waals surface area (Å²) in [5, 5.41) is 0. The normalized spacial score (nSPS) is 13.5. The van der Waals surface area contributed by atoms with E-state index >= 15 is 0 Å². The Bertz CT molecular complexity index is 1100. The molecule has 2 aromatic carbocycles. The van der Waals surface area contributed by atoms with Gasteiger partial charge in [-0.2, -0.15) is 0 Å². The Morgan fingerprint density at radius 1 is 0.923 bits per heavy atom. The van der Waals surface area contributed by atoms with Crippen molar-refractivity contribution in [2.24, 2.45) is 4.99 Å². The highest BCUT2D eigenvalue weighted by Crippen LogP contribution is 2.35. The average molecular weight is 358 g/mol. The van der Waals surface area contributed by atoms with E-state index in [2.05, 4.69) is 28.8 Å². The van der Waals surface area contributed by atoms with Gasteiger partial charge in [0.1, 0.15) is 5.76 Å². The minimum atomic E-state index is 0.693. The number of aromatic nitrogens is 1. The summed E-state index contributed by atoms with van der Waals surface area (Å²) in [7, 11) is 0. The minimum absolute atomic E-state index is 0.693. The second kappa shape index (κ2) is 6.46. The molecule has 0 amide bonds. The first-order valence-electron chi connectivity index (χ1n) is 8.81. The van der Waals surface area contributed by atoms with Gasteiger partial charge >= 0.3 is 0 Å². The molecule has 4 heteroatoms. The first kappa shape index (κ1) is 15.4.